The van der Waals surface area contributed by atoms with Crippen LogP contribution in [-0.4, -0.2) is 37.6 Å². The summed E-state index contributed by atoms with van der Waals surface area (Å²) in [6.45, 7) is 1.87. The van der Waals surface area contributed by atoms with Crippen LogP contribution in [0.2, 0.25) is 0 Å². The van der Waals surface area contributed by atoms with Gasteiger partial charge in [0.05, 0.1) is 4.90 Å². The van der Waals surface area contributed by atoms with Crippen LogP contribution in [0.3, 0.4) is 0 Å². The van der Waals surface area contributed by atoms with E-state index in [1.165, 1.54) is 0 Å². The number of hydrogen-bond donors (Lipinski definition) is 2. The minimum atomic E-state index is -3.27. The molecule has 1 aromatic carbocycles. The summed E-state index contributed by atoms with van der Waals surface area (Å²) in [5.74, 6) is 0.438. The molecule has 0 atom stereocenters. The average Bonchev–Trinajstić information content (AvgIpc) is 2.43. The summed E-state index contributed by atoms with van der Waals surface area (Å²) in [7, 11) is -2.32. The second kappa shape index (κ2) is 8.67. The minimum Gasteiger partial charge on any atom is -0.396 e. The summed E-state index contributed by atoms with van der Waals surface area (Å²) in [4.78, 5) is 0.344. The third-order valence-electron chi connectivity index (χ3n) is 3.07. The average molecular weight is 318 g/mol. The zero-order valence-electron chi connectivity index (χ0n) is 11.7. The monoisotopic (exact) mass is 318 g/mol. The first-order chi connectivity index (χ1) is 9.49. The molecular formula is C14H22O4S2. The second-order valence-corrected chi connectivity index (χ2v) is 8.86. The lowest BCUT2D eigenvalue weighted by Crippen LogP contribution is -2.10. The predicted octanol–water partition coefficient (Wildman–Crippen LogP) is 2.19. The Balaban J connectivity index is 2.35. The molecule has 6 heteroatoms. The third-order valence-corrected chi connectivity index (χ3v) is 6.69. The van der Waals surface area contributed by atoms with Gasteiger partial charge in [0.1, 0.15) is 0 Å². The lowest BCUT2D eigenvalue weighted by Gasteiger charge is -2.09. The van der Waals surface area contributed by atoms with Gasteiger partial charge in [-0.25, -0.2) is 8.42 Å². The Morgan fingerprint density at radius 1 is 1.10 bits per heavy atom. The van der Waals surface area contributed by atoms with E-state index in [0.717, 1.165) is 35.6 Å². The van der Waals surface area contributed by atoms with Gasteiger partial charge in [0.25, 0.3) is 0 Å². The smallest absolute Gasteiger partial charge is 0.229 e. The molecule has 2 N–H and O–H groups in total. The Labute approximate surface area is 124 Å². The molecule has 0 unspecified atom stereocenters. The number of benzene rings is 1. The predicted molar refractivity (Wildman–Crippen MR) is 82.3 cm³/mol. The Bertz CT molecular complexity index is 478. The molecule has 0 bridgehead atoms. The van der Waals surface area contributed by atoms with Crippen molar-refractivity contribution in [2.24, 2.45) is 5.92 Å². The highest BCUT2D eigenvalue weighted by Crippen LogP contribution is 2.25. The first-order valence-corrected chi connectivity index (χ1v) is 9.66. The van der Waals surface area contributed by atoms with E-state index in [2.05, 4.69) is 0 Å². The quantitative estimate of drug-likeness (QED) is 0.539. The Hall–Kier alpha value is -0.560. The van der Waals surface area contributed by atoms with Gasteiger partial charge >= 0.3 is 0 Å². The number of hydrogen-bond acceptors (Lipinski definition) is 5. The largest absolute Gasteiger partial charge is 0.396 e. The van der Waals surface area contributed by atoms with Crippen LogP contribution in [0, 0.1) is 12.8 Å². The van der Waals surface area contributed by atoms with Crippen molar-refractivity contribution in [3.8, 4) is 0 Å². The van der Waals surface area contributed by atoms with Crippen molar-refractivity contribution in [1.82, 2.24) is 0 Å². The van der Waals surface area contributed by atoms with E-state index in [1.54, 1.807) is 24.3 Å². The van der Waals surface area contributed by atoms with Crippen LogP contribution in [0.25, 0.3) is 0 Å². The minimum absolute atomic E-state index is 0.0225. The summed E-state index contributed by atoms with van der Waals surface area (Å²) in [5.41, 5.74) is 1.04. The van der Waals surface area contributed by atoms with Crippen LogP contribution < -0.4 is 0 Å². The molecule has 0 saturated heterocycles. The van der Waals surface area contributed by atoms with Crippen LogP contribution in [0.1, 0.15) is 24.8 Å². The molecule has 0 aliphatic carbocycles. The van der Waals surface area contributed by atoms with Crippen LogP contribution in [0.5, 0.6) is 0 Å². The van der Waals surface area contributed by atoms with Gasteiger partial charge in [0.2, 0.25) is 8.87 Å². The highest BCUT2D eigenvalue weighted by atomic mass is 33.1. The lowest BCUT2D eigenvalue weighted by molar-refractivity contribution is 0.142. The SMILES string of the molecule is Cc1ccc(S(=O)(=O)SCCCCC(CO)CO)cc1. The normalized spacial score (nSPS) is 12.0. The maximum Gasteiger partial charge on any atom is 0.229 e. The molecule has 0 spiro atoms. The van der Waals surface area contributed by atoms with E-state index in [1.807, 2.05) is 6.92 Å². The van der Waals surface area contributed by atoms with Gasteiger partial charge in [-0.3, -0.25) is 0 Å². The van der Waals surface area contributed by atoms with E-state index in [0.29, 0.717) is 10.6 Å². The van der Waals surface area contributed by atoms with Crippen LogP contribution in [0.15, 0.2) is 29.2 Å². The molecule has 0 radical (unpaired) electrons. The number of aliphatic hydroxyl groups is 2. The van der Waals surface area contributed by atoms with Crippen molar-refractivity contribution < 1.29 is 18.6 Å². The first-order valence-electron chi connectivity index (χ1n) is 6.67. The van der Waals surface area contributed by atoms with Crippen molar-refractivity contribution >= 4 is 19.7 Å². The number of unbranched alkanes of at least 4 members (excludes halogenated alkanes) is 1. The Morgan fingerprint density at radius 3 is 2.25 bits per heavy atom. The maximum absolute atomic E-state index is 12.0. The first kappa shape index (κ1) is 17.5. The van der Waals surface area contributed by atoms with Crippen molar-refractivity contribution in [1.29, 1.82) is 0 Å². The van der Waals surface area contributed by atoms with E-state index in [4.69, 9.17) is 10.2 Å². The molecule has 0 heterocycles. The van der Waals surface area contributed by atoms with Crippen molar-refractivity contribution in [2.75, 3.05) is 19.0 Å². The lowest BCUT2D eigenvalue weighted by atomic mass is 10.0. The van der Waals surface area contributed by atoms with Gasteiger partial charge in [-0.05, 0) is 42.7 Å². The third kappa shape index (κ3) is 5.83. The van der Waals surface area contributed by atoms with E-state index >= 15 is 0 Å². The number of aryl methyl sites for hydroxylation is 1. The fourth-order valence-electron chi connectivity index (χ4n) is 1.72. The molecule has 20 heavy (non-hydrogen) atoms. The zero-order chi connectivity index (χ0) is 15.0. The molecule has 4 nitrogen and oxygen atoms in total. The molecule has 0 aliphatic rings. The van der Waals surface area contributed by atoms with Crippen molar-refractivity contribution in [3.05, 3.63) is 29.8 Å². The number of rotatable bonds is 9. The Morgan fingerprint density at radius 2 is 1.70 bits per heavy atom. The molecule has 1 aromatic rings. The topological polar surface area (TPSA) is 74.6 Å². The molecule has 1 rings (SSSR count). The standard InChI is InChI=1S/C14H22O4S2/c1-12-5-7-14(8-6-12)20(17,18)19-9-3-2-4-13(10-15)11-16/h5-8,13,15-16H,2-4,9-11H2,1H3. The molecule has 114 valence electrons. The van der Waals surface area contributed by atoms with Crippen LogP contribution >= 0.6 is 10.8 Å². The molecular weight excluding hydrogens is 296 g/mol. The second-order valence-electron chi connectivity index (χ2n) is 4.82. The van der Waals surface area contributed by atoms with Gasteiger partial charge in [0.15, 0.2) is 0 Å². The summed E-state index contributed by atoms with van der Waals surface area (Å²) >= 11 is 0. The van der Waals surface area contributed by atoms with Gasteiger partial charge in [-0.2, -0.15) is 0 Å². The molecule has 0 aliphatic heterocycles. The fraction of sp³-hybridized carbons (Fsp3) is 0.571. The highest BCUT2D eigenvalue weighted by molar-refractivity contribution is 8.72. The molecule has 0 saturated carbocycles. The van der Waals surface area contributed by atoms with Gasteiger partial charge in [-0.1, -0.05) is 24.1 Å². The van der Waals surface area contributed by atoms with E-state index in [9.17, 15) is 8.42 Å². The van der Waals surface area contributed by atoms with Gasteiger partial charge in [0, 0.05) is 24.9 Å². The highest BCUT2D eigenvalue weighted by Gasteiger charge is 2.14. The summed E-state index contributed by atoms with van der Waals surface area (Å²) < 4.78 is 24.1. The van der Waals surface area contributed by atoms with E-state index in [-0.39, 0.29) is 19.1 Å². The summed E-state index contributed by atoms with van der Waals surface area (Å²) in [6, 6.07) is 6.84. The van der Waals surface area contributed by atoms with Gasteiger partial charge < -0.3 is 10.2 Å². The Kier molecular flexibility index (Phi) is 7.58. The molecule has 0 aromatic heterocycles. The van der Waals surface area contributed by atoms with Crippen molar-refractivity contribution in [3.63, 3.8) is 0 Å². The molecule has 0 amide bonds. The van der Waals surface area contributed by atoms with Crippen molar-refractivity contribution in [2.45, 2.75) is 31.1 Å². The number of aliphatic hydroxyl groups excluding tert-OH is 2. The van der Waals surface area contributed by atoms with Crippen LogP contribution in [-0.2, 0) is 8.87 Å². The van der Waals surface area contributed by atoms with E-state index < -0.39 is 8.87 Å². The zero-order valence-corrected chi connectivity index (χ0v) is 13.3. The summed E-state index contributed by atoms with van der Waals surface area (Å²) in [6.07, 6.45) is 2.28. The van der Waals surface area contributed by atoms with Crippen LogP contribution in [0.4, 0.5) is 0 Å². The maximum atomic E-state index is 12.0. The summed E-state index contributed by atoms with van der Waals surface area (Å²) in [5, 5.41) is 17.8. The fourth-order valence-corrected chi connectivity index (χ4v) is 4.62. The molecule has 0 fully saturated rings. The van der Waals surface area contributed by atoms with Gasteiger partial charge in [-0.15, -0.1) is 0 Å².